The van der Waals surface area contributed by atoms with Gasteiger partial charge in [-0.3, -0.25) is 4.98 Å². The third-order valence-electron chi connectivity index (χ3n) is 2.83. The zero-order valence-electron chi connectivity index (χ0n) is 10.0. The molecule has 0 saturated carbocycles. The van der Waals surface area contributed by atoms with Gasteiger partial charge in [0, 0.05) is 28.5 Å². The Morgan fingerprint density at radius 3 is 2.83 bits per heavy atom. The first-order valence-electron chi connectivity index (χ1n) is 5.69. The van der Waals surface area contributed by atoms with Gasteiger partial charge >= 0.3 is 0 Å². The Balaban J connectivity index is 2.24. The van der Waals surface area contributed by atoms with Gasteiger partial charge < -0.3 is 5.73 Å². The van der Waals surface area contributed by atoms with Gasteiger partial charge in [0.1, 0.15) is 5.82 Å². The van der Waals surface area contributed by atoms with Crippen molar-refractivity contribution in [3.8, 4) is 0 Å². The molecular weight excluding hydrogens is 251 g/mol. The van der Waals surface area contributed by atoms with E-state index in [2.05, 4.69) is 4.98 Å². The van der Waals surface area contributed by atoms with E-state index >= 15 is 0 Å². The smallest absolute Gasteiger partial charge is 0.127 e. The van der Waals surface area contributed by atoms with Crippen LogP contribution in [0.3, 0.4) is 0 Å². The van der Waals surface area contributed by atoms with Gasteiger partial charge in [-0.1, -0.05) is 17.7 Å². The van der Waals surface area contributed by atoms with Crippen LogP contribution in [-0.2, 0) is 6.42 Å². The van der Waals surface area contributed by atoms with E-state index in [1.54, 1.807) is 18.3 Å². The van der Waals surface area contributed by atoms with E-state index in [1.807, 2.05) is 19.1 Å². The topological polar surface area (TPSA) is 38.9 Å². The summed E-state index contributed by atoms with van der Waals surface area (Å²) in [6, 6.07) is 8.10. The molecule has 18 heavy (non-hydrogen) atoms. The zero-order valence-corrected chi connectivity index (χ0v) is 10.8. The summed E-state index contributed by atoms with van der Waals surface area (Å²) in [6.07, 6.45) is 2.07. The van der Waals surface area contributed by atoms with Gasteiger partial charge in [0.2, 0.25) is 0 Å². The van der Waals surface area contributed by atoms with Crippen LogP contribution in [0.2, 0.25) is 5.02 Å². The minimum absolute atomic E-state index is 0.291. The minimum Gasteiger partial charge on any atom is -0.324 e. The first kappa shape index (κ1) is 13.0. The molecule has 0 aliphatic rings. The largest absolute Gasteiger partial charge is 0.324 e. The lowest BCUT2D eigenvalue weighted by molar-refractivity contribution is 0.593. The molecule has 0 amide bonds. The first-order chi connectivity index (χ1) is 8.58. The molecular formula is C14H14ClFN2. The van der Waals surface area contributed by atoms with Gasteiger partial charge in [0.05, 0.1) is 0 Å². The maximum absolute atomic E-state index is 13.7. The summed E-state index contributed by atoms with van der Waals surface area (Å²) < 4.78 is 13.7. The quantitative estimate of drug-likeness (QED) is 0.923. The Bertz CT molecular complexity index is 537. The van der Waals surface area contributed by atoms with Gasteiger partial charge in [0.25, 0.3) is 0 Å². The molecule has 0 spiro atoms. The predicted molar refractivity (Wildman–Crippen MR) is 71.0 cm³/mol. The monoisotopic (exact) mass is 264 g/mol. The van der Waals surface area contributed by atoms with Crippen LogP contribution in [0.4, 0.5) is 4.39 Å². The van der Waals surface area contributed by atoms with Crippen molar-refractivity contribution in [3.05, 3.63) is 64.2 Å². The van der Waals surface area contributed by atoms with Crippen LogP contribution < -0.4 is 5.73 Å². The fraction of sp³-hybridized carbons (Fsp3) is 0.214. The highest BCUT2D eigenvalue weighted by Crippen LogP contribution is 2.24. The molecule has 0 radical (unpaired) electrons. The lowest BCUT2D eigenvalue weighted by Crippen LogP contribution is -2.14. The van der Waals surface area contributed by atoms with Crippen molar-refractivity contribution in [3.63, 3.8) is 0 Å². The second kappa shape index (κ2) is 5.46. The van der Waals surface area contributed by atoms with Crippen LogP contribution in [0, 0.1) is 12.7 Å². The molecule has 4 heteroatoms. The Hall–Kier alpha value is -1.45. The molecule has 0 aliphatic carbocycles. The number of hydrogen-bond acceptors (Lipinski definition) is 2. The van der Waals surface area contributed by atoms with Gasteiger partial charge in [-0.2, -0.15) is 0 Å². The molecule has 1 unspecified atom stereocenters. The van der Waals surface area contributed by atoms with Crippen LogP contribution in [0.5, 0.6) is 0 Å². The van der Waals surface area contributed by atoms with Crippen LogP contribution >= 0.6 is 11.6 Å². The molecule has 0 fully saturated rings. The number of halogens is 2. The van der Waals surface area contributed by atoms with E-state index < -0.39 is 0 Å². The molecule has 0 bridgehead atoms. The molecule has 1 aromatic carbocycles. The van der Waals surface area contributed by atoms with Crippen molar-refractivity contribution in [2.45, 2.75) is 19.4 Å². The molecule has 2 rings (SSSR count). The highest BCUT2D eigenvalue weighted by molar-refractivity contribution is 6.31. The molecule has 1 aromatic heterocycles. The molecule has 1 atom stereocenters. The number of aromatic nitrogens is 1. The second-order valence-electron chi connectivity index (χ2n) is 4.24. The Kier molecular flexibility index (Phi) is 3.94. The highest BCUT2D eigenvalue weighted by Gasteiger charge is 2.13. The number of rotatable bonds is 3. The maximum Gasteiger partial charge on any atom is 0.127 e. The van der Waals surface area contributed by atoms with Crippen LogP contribution in [0.15, 0.2) is 36.5 Å². The van der Waals surface area contributed by atoms with Crippen molar-refractivity contribution in [1.29, 1.82) is 0 Å². The average molecular weight is 265 g/mol. The fourth-order valence-corrected chi connectivity index (χ4v) is 2.10. The van der Waals surface area contributed by atoms with Crippen LogP contribution in [0.1, 0.15) is 22.9 Å². The molecule has 94 valence electrons. The number of pyridine rings is 1. The highest BCUT2D eigenvalue weighted by atomic mass is 35.5. The van der Waals surface area contributed by atoms with Crippen molar-refractivity contribution < 1.29 is 4.39 Å². The Labute approximate surface area is 111 Å². The normalized spacial score (nSPS) is 12.4. The van der Waals surface area contributed by atoms with E-state index in [9.17, 15) is 4.39 Å². The lowest BCUT2D eigenvalue weighted by atomic mass is 9.99. The first-order valence-corrected chi connectivity index (χ1v) is 6.06. The summed E-state index contributed by atoms with van der Waals surface area (Å²) in [5, 5.41) is 0.413. The minimum atomic E-state index is -0.316. The summed E-state index contributed by atoms with van der Waals surface area (Å²) in [6.45, 7) is 1.90. The predicted octanol–water partition coefficient (Wildman–Crippen LogP) is 3.43. The zero-order chi connectivity index (χ0) is 13.1. The molecule has 0 saturated heterocycles. The van der Waals surface area contributed by atoms with E-state index in [1.165, 1.54) is 6.07 Å². The van der Waals surface area contributed by atoms with E-state index in [-0.39, 0.29) is 11.9 Å². The fourth-order valence-electron chi connectivity index (χ4n) is 1.86. The maximum atomic E-state index is 13.7. The van der Waals surface area contributed by atoms with Crippen LogP contribution in [-0.4, -0.2) is 4.98 Å². The molecule has 2 nitrogen and oxygen atoms in total. The molecule has 0 aliphatic heterocycles. The van der Waals surface area contributed by atoms with Crippen molar-refractivity contribution in [2.75, 3.05) is 0 Å². The van der Waals surface area contributed by atoms with E-state index in [4.69, 9.17) is 17.3 Å². The van der Waals surface area contributed by atoms with Crippen molar-refractivity contribution >= 4 is 11.6 Å². The SMILES string of the molecule is Cc1cc(C(N)Cc2c(F)cccc2Cl)ccn1. The number of nitrogens with two attached hydrogens (primary N) is 1. The number of nitrogens with zero attached hydrogens (tertiary/aromatic N) is 1. The van der Waals surface area contributed by atoms with Crippen molar-refractivity contribution in [2.24, 2.45) is 5.73 Å². The summed E-state index contributed by atoms with van der Waals surface area (Å²) in [5.41, 5.74) is 8.36. The van der Waals surface area contributed by atoms with Crippen molar-refractivity contribution in [1.82, 2.24) is 4.98 Å². The number of aryl methyl sites for hydroxylation is 1. The summed E-state index contributed by atoms with van der Waals surface area (Å²) in [7, 11) is 0. The number of hydrogen-bond donors (Lipinski definition) is 1. The number of benzene rings is 1. The van der Waals surface area contributed by atoms with Gasteiger partial charge in [0.15, 0.2) is 0 Å². The van der Waals surface area contributed by atoms with E-state index in [0.29, 0.717) is 17.0 Å². The molecule has 2 aromatic rings. The van der Waals surface area contributed by atoms with Gasteiger partial charge in [-0.05, 0) is 43.2 Å². The summed E-state index contributed by atoms with van der Waals surface area (Å²) in [4.78, 5) is 4.11. The lowest BCUT2D eigenvalue weighted by Gasteiger charge is -2.14. The standard InChI is InChI=1S/C14H14ClFN2/c1-9-7-10(5-6-18-9)14(17)8-11-12(15)3-2-4-13(11)16/h2-7,14H,8,17H2,1H3. The van der Waals surface area contributed by atoms with E-state index in [0.717, 1.165) is 11.3 Å². The molecule has 2 N–H and O–H groups in total. The Morgan fingerprint density at radius 1 is 1.39 bits per heavy atom. The summed E-state index contributed by atoms with van der Waals surface area (Å²) in [5.74, 6) is -0.316. The second-order valence-corrected chi connectivity index (χ2v) is 4.65. The van der Waals surface area contributed by atoms with Gasteiger partial charge in [-0.15, -0.1) is 0 Å². The third kappa shape index (κ3) is 2.86. The molecule has 1 heterocycles. The van der Waals surface area contributed by atoms with Gasteiger partial charge in [-0.25, -0.2) is 4.39 Å². The average Bonchev–Trinajstić information content (AvgIpc) is 2.34. The summed E-state index contributed by atoms with van der Waals surface area (Å²) >= 11 is 5.98. The third-order valence-corrected chi connectivity index (χ3v) is 3.19. The Morgan fingerprint density at radius 2 is 2.17 bits per heavy atom. The van der Waals surface area contributed by atoms with Crippen LogP contribution in [0.25, 0.3) is 0 Å².